The van der Waals surface area contributed by atoms with Crippen molar-refractivity contribution in [2.45, 2.75) is 31.4 Å². The number of benzene rings is 2. The Labute approximate surface area is 164 Å². The SMILES string of the molecule is O=C(OC1C2CCC1CNC2)N1CCc2ccccc2[C@@H]1c1ccc(F)cc1. The van der Waals surface area contributed by atoms with Crippen LogP contribution < -0.4 is 5.32 Å². The first kappa shape index (κ1) is 17.7. The Morgan fingerprint density at radius 2 is 1.75 bits per heavy atom. The van der Waals surface area contributed by atoms with Crippen LogP contribution in [0.1, 0.15) is 35.6 Å². The van der Waals surface area contributed by atoms with Gasteiger partial charge in [-0.25, -0.2) is 9.18 Å². The number of fused-ring (bicyclic) bond motifs is 3. The zero-order chi connectivity index (χ0) is 19.1. The molecule has 4 nitrogen and oxygen atoms in total. The van der Waals surface area contributed by atoms with Crippen molar-refractivity contribution in [2.75, 3.05) is 19.6 Å². The van der Waals surface area contributed by atoms with E-state index in [2.05, 4.69) is 17.4 Å². The first-order chi connectivity index (χ1) is 13.7. The molecule has 146 valence electrons. The van der Waals surface area contributed by atoms with Gasteiger partial charge >= 0.3 is 6.09 Å². The summed E-state index contributed by atoms with van der Waals surface area (Å²) in [7, 11) is 0. The predicted molar refractivity (Wildman–Crippen MR) is 104 cm³/mol. The van der Waals surface area contributed by atoms with Crippen LogP contribution in [0.4, 0.5) is 9.18 Å². The molecule has 28 heavy (non-hydrogen) atoms. The summed E-state index contributed by atoms with van der Waals surface area (Å²) in [5.74, 6) is 0.571. The molecule has 0 spiro atoms. The third kappa shape index (κ3) is 3.08. The minimum Gasteiger partial charge on any atom is -0.445 e. The zero-order valence-corrected chi connectivity index (χ0v) is 15.8. The van der Waals surface area contributed by atoms with Crippen LogP contribution in [-0.4, -0.2) is 36.7 Å². The number of ether oxygens (including phenoxy) is 1. The summed E-state index contributed by atoms with van der Waals surface area (Å²) in [6.07, 6.45) is 2.83. The molecule has 5 rings (SSSR count). The Bertz CT molecular complexity index is 853. The molecule has 2 aromatic carbocycles. The summed E-state index contributed by atoms with van der Waals surface area (Å²) in [5, 5.41) is 3.44. The highest BCUT2D eigenvalue weighted by Gasteiger charge is 2.43. The lowest BCUT2D eigenvalue weighted by Crippen LogP contribution is -2.48. The number of halogens is 1. The number of nitrogens with one attached hydrogen (secondary N) is 1. The molecule has 2 heterocycles. The molecule has 2 aromatic rings. The van der Waals surface area contributed by atoms with E-state index in [0.717, 1.165) is 43.5 Å². The molecule has 1 amide bonds. The summed E-state index contributed by atoms with van der Waals surface area (Å²) >= 11 is 0. The Kier molecular flexibility index (Phi) is 4.55. The van der Waals surface area contributed by atoms with E-state index in [4.69, 9.17) is 4.74 Å². The van der Waals surface area contributed by atoms with Crippen LogP contribution in [0.25, 0.3) is 0 Å². The molecular formula is C23H25FN2O2. The van der Waals surface area contributed by atoms with Gasteiger partial charge in [-0.1, -0.05) is 36.4 Å². The van der Waals surface area contributed by atoms with E-state index in [-0.39, 0.29) is 24.1 Å². The molecule has 3 aliphatic rings. The second kappa shape index (κ2) is 7.21. The molecule has 2 bridgehead atoms. The predicted octanol–water partition coefficient (Wildman–Crippen LogP) is 3.91. The van der Waals surface area contributed by atoms with E-state index in [0.29, 0.717) is 18.4 Å². The summed E-state index contributed by atoms with van der Waals surface area (Å²) in [6.45, 7) is 2.47. The maximum absolute atomic E-state index is 13.5. The van der Waals surface area contributed by atoms with Crippen molar-refractivity contribution in [2.24, 2.45) is 11.8 Å². The summed E-state index contributed by atoms with van der Waals surface area (Å²) in [5.41, 5.74) is 3.26. The maximum Gasteiger partial charge on any atom is 0.410 e. The summed E-state index contributed by atoms with van der Waals surface area (Å²) in [6, 6.07) is 14.4. The molecule has 2 fully saturated rings. The monoisotopic (exact) mass is 380 g/mol. The van der Waals surface area contributed by atoms with Gasteiger partial charge in [-0.3, -0.25) is 4.90 Å². The van der Waals surface area contributed by atoms with Gasteiger partial charge in [0.25, 0.3) is 0 Å². The van der Waals surface area contributed by atoms with Crippen molar-refractivity contribution >= 4 is 6.09 Å². The normalized spacial score (nSPS) is 28.7. The first-order valence-electron chi connectivity index (χ1n) is 10.2. The molecular weight excluding hydrogens is 355 g/mol. The molecule has 1 saturated carbocycles. The average molecular weight is 380 g/mol. The second-order valence-corrected chi connectivity index (χ2v) is 8.20. The first-order valence-corrected chi connectivity index (χ1v) is 10.2. The largest absolute Gasteiger partial charge is 0.445 e. The van der Waals surface area contributed by atoms with E-state index in [1.165, 1.54) is 17.7 Å². The molecule has 5 heteroatoms. The van der Waals surface area contributed by atoms with E-state index >= 15 is 0 Å². The fourth-order valence-corrected chi connectivity index (χ4v) is 5.18. The van der Waals surface area contributed by atoms with Gasteiger partial charge in [0.1, 0.15) is 11.9 Å². The van der Waals surface area contributed by atoms with E-state index in [9.17, 15) is 9.18 Å². The highest BCUT2D eigenvalue weighted by Crippen LogP contribution is 2.39. The lowest BCUT2D eigenvalue weighted by atomic mass is 9.88. The minimum atomic E-state index is -0.270. The number of rotatable bonds is 2. The van der Waals surface area contributed by atoms with Crippen molar-refractivity contribution in [1.29, 1.82) is 0 Å². The van der Waals surface area contributed by atoms with E-state index < -0.39 is 0 Å². The smallest absolute Gasteiger partial charge is 0.410 e. The van der Waals surface area contributed by atoms with Gasteiger partial charge in [0, 0.05) is 31.5 Å². The van der Waals surface area contributed by atoms with E-state index in [1.54, 1.807) is 12.1 Å². The van der Waals surface area contributed by atoms with Crippen molar-refractivity contribution in [3.63, 3.8) is 0 Å². The fraction of sp³-hybridized carbons (Fsp3) is 0.435. The quantitative estimate of drug-likeness (QED) is 0.859. The molecule has 0 aromatic heterocycles. The van der Waals surface area contributed by atoms with Crippen LogP contribution in [0.2, 0.25) is 0 Å². The average Bonchev–Trinajstić information content (AvgIpc) is 2.94. The van der Waals surface area contributed by atoms with Crippen LogP contribution >= 0.6 is 0 Å². The number of nitrogens with zero attached hydrogens (tertiary/aromatic N) is 1. The lowest BCUT2D eigenvalue weighted by molar-refractivity contribution is 0.00835. The summed E-state index contributed by atoms with van der Waals surface area (Å²) < 4.78 is 19.6. The van der Waals surface area contributed by atoms with Crippen molar-refractivity contribution < 1.29 is 13.9 Å². The van der Waals surface area contributed by atoms with E-state index in [1.807, 2.05) is 17.0 Å². The number of piperidine rings is 1. The third-order valence-corrected chi connectivity index (χ3v) is 6.59. The van der Waals surface area contributed by atoms with Gasteiger partial charge in [0.05, 0.1) is 6.04 Å². The van der Waals surface area contributed by atoms with Crippen LogP contribution in [0.5, 0.6) is 0 Å². The highest BCUT2D eigenvalue weighted by atomic mass is 19.1. The maximum atomic E-state index is 13.5. The molecule has 0 radical (unpaired) electrons. The molecule has 2 unspecified atom stereocenters. The number of amides is 1. The van der Waals surface area contributed by atoms with Gasteiger partial charge in [-0.15, -0.1) is 0 Å². The standard InChI is InChI=1S/C23H25FN2O2/c24-19-9-7-16(8-10-19)21-20-4-2-1-3-15(20)11-12-26(21)23(27)28-22-17-5-6-18(22)14-25-13-17/h1-4,7-10,17-18,21-22,25H,5-6,11-14H2/t17?,18?,21-,22?/m0/s1. The number of carbonyl (C=O) groups is 1. The Hall–Kier alpha value is -2.40. The number of carbonyl (C=O) groups excluding carboxylic acids is 1. The molecule has 1 aliphatic carbocycles. The molecule has 1 N–H and O–H groups in total. The highest BCUT2D eigenvalue weighted by molar-refractivity contribution is 5.70. The van der Waals surface area contributed by atoms with Gasteiger partial charge in [0.15, 0.2) is 0 Å². The minimum absolute atomic E-state index is 0.0137. The van der Waals surface area contributed by atoms with Crippen LogP contribution in [0.3, 0.4) is 0 Å². The molecule has 1 saturated heterocycles. The molecule has 3 atom stereocenters. The number of hydrogen-bond donors (Lipinski definition) is 1. The molecule has 2 aliphatic heterocycles. The Balaban J connectivity index is 1.45. The fourth-order valence-electron chi connectivity index (χ4n) is 5.18. The van der Waals surface area contributed by atoms with Gasteiger partial charge in [0.2, 0.25) is 0 Å². The van der Waals surface area contributed by atoms with Crippen molar-refractivity contribution in [3.05, 3.63) is 71.0 Å². The van der Waals surface area contributed by atoms with Crippen LogP contribution in [0.15, 0.2) is 48.5 Å². The topological polar surface area (TPSA) is 41.6 Å². The summed E-state index contributed by atoms with van der Waals surface area (Å²) in [4.78, 5) is 15.1. The Morgan fingerprint density at radius 3 is 2.50 bits per heavy atom. The van der Waals surface area contributed by atoms with Gasteiger partial charge in [-0.05, 0) is 48.1 Å². The second-order valence-electron chi connectivity index (χ2n) is 8.20. The zero-order valence-electron chi connectivity index (χ0n) is 15.8. The van der Waals surface area contributed by atoms with Crippen LogP contribution in [-0.2, 0) is 11.2 Å². The van der Waals surface area contributed by atoms with Gasteiger partial charge < -0.3 is 10.1 Å². The van der Waals surface area contributed by atoms with Crippen molar-refractivity contribution in [3.8, 4) is 0 Å². The van der Waals surface area contributed by atoms with Crippen LogP contribution in [0, 0.1) is 17.7 Å². The number of hydrogen-bond acceptors (Lipinski definition) is 3. The lowest BCUT2D eigenvalue weighted by Gasteiger charge is -2.39. The third-order valence-electron chi connectivity index (χ3n) is 6.59. The Morgan fingerprint density at radius 1 is 1.04 bits per heavy atom. The van der Waals surface area contributed by atoms with Gasteiger partial charge in [-0.2, -0.15) is 0 Å². The van der Waals surface area contributed by atoms with Crippen molar-refractivity contribution in [1.82, 2.24) is 10.2 Å².